The number of thioether (sulfide) groups is 1. The van der Waals surface area contributed by atoms with Gasteiger partial charge in [0, 0.05) is 12.4 Å². The maximum atomic E-state index is 11.5. The third-order valence-electron chi connectivity index (χ3n) is 2.58. The lowest BCUT2D eigenvalue weighted by molar-refractivity contribution is 0.0598. The number of rotatable bonds is 4. The minimum atomic E-state index is -0.418. The summed E-state index contributed by atoms with van der Waals surface area (Å²) in [5.41, 5.74) is 0.418. The van der Waals surface area contributed by atoms with Gasteiger partial charge in [-0.2, -0.15) is 4.98 Å². The molecule has 0 radical (unpaired) electrons. The second-order valence-corrected chi connectivity index (χ2v) is 4.74. The van der Waals surface area contributed by atoms with Crippen LogP contribution >= 0.6 is 11.8 Å². The third-order valence-corrected chi connectivity index (χ3v) is 3.42. The van der Waals surface area contributed by atoms with Gasteiger partial charge >= 0.3 is 5.97 Å². The number of hydrogen-bond donors (Lipinski definition) is 0. The molecule has 0 spiro atoms. The van der Waals surface area contributed by atoms with E-state index in [4.69, 9.17) is 4.42 Å². The fraction of sp³-hybridized carbons (Fsp3) is 0.167. The first kappa shape index (κ1) is 12.7. The second kappa shape index (κ2) is 5.33. The van der Waals surface area contributed by atoms with E-state index in [0.717, 1.165) is 0 Å². The lowest BCUT2D eigenvalue weighted by Gasteiger charge is -1.98. The molecular formula is C12H10N4O3S. The molecule has 0 atom stereocenters. The van der Waals surface area contributed by atoms with E-state index in [1.165, 1.54) is 25.1 Å². The number of furan rings is 1. The smallest absolute Gasteiger partial charge is 0.341 e. The van der Waals surface area contributed by atoms with E-state index in [9.17, 15) is 4.79 Å². The first-order valence-corrected chi connectivity index (χ1v) is 6.71. The molecule has 8 heteroatoms. The highest BCUT2D eigenvalue weighted by molar-refractivity contribution is 7.98. The van der Waals surface area contributed by atoms with Gasteiger partial charge in [0.2, 0.25) is 5.16 Å². The minimum absolute atomic E-state index is 0.418. The predicted molar refractivity (Wildman–Crippen MR) is 70.4 cm³/mol. The topological polar surface area (TPSA) is 82.5 Å². The second-order valence-electron chi connectivity index (χ2n) is 3.80. The molecule has 0 N–H and O–H groups in total. The molecule has 0 saturated heterocycles. The Morgan fingerprint density at radius 1 is 1.55 bits per heavy atom. The third kappa shape index (κ3) is 2.37. The highest BCUT2D eigenvalue weighted by atomic mass is 32.2. The number of nitrogens with zero attached hydrogens (tertiary/aromatic N) is 4. The molecule has 3 aromatic heterocycles. The van der Waals surface area contributed by atoms with E-state index in [1.54, 1.807) is 29.0 Å². The fourth-order valence-corrected chi connectivity index (χ4v) is 2.42. The maximum absolute atomic E-state index is 11.5. The number of esters is 1. The van der Waals surface area contributed by atoms with Crippen LogP contribution in [0.5, 0.6) is 0 Å². The van der Waals surface area contributed by atoms with E-state index in [-0.39, 0.29) is 0 Å². The lowest BCUT2D eigenvalue weighted by Crippen LogP contribution is -2.02. The van der Waals surface area contributed by atoms with Crippen molar-refractivity contribution in [3.8, 4) is 0 Å². The van der Waals surface area contributed by atoms with Crippen molar-refractivity contribution in [3.63, 3.8) is 0 Å². The molecule has 7 nitrogen and oxygen atoms in total. The van der Waals surface area contributed by atoms with Gasteiger partial charge in [-0.3, -0.25) is 0 Å². The van der Waals surface area contributed by atoms with Gasteiger partial charge in [0.15, 0.2) is 0 Å². The average molecular weight is 290 g/mol. The van der Waals surface area contributed by atoms with Crippen LogP contribution < -0.4 is 0 Å². The molecule has 0 fully saturated rings. The molecule has 0 aliphatic carbocycles. The number of carbonyl (C=O) groups excluding carboxylic acids is 1. The Morgan fingerprint density at radius 3 is 3.25 bits per heavy atom. The van der Waals surface area contributed by atoms with Crippen molar-refractivity contribution in [2.75, 3.05) is 7.11 Å². The highest BCUT2D eigenvalue weighted by Crippen LogP contribution is 2.23. The van der Waals surface area contributed by atoms with Crippen molar-refractivity contribution in [1.82, 2.24) is 19.6 Å². The molecule has 3 heterocycles. The SMILES string of the molecule is COC(=O)c1ccoc1CSc1nc2ncccn2n1. The summed E-state index contributed by atoms with van der Waals surface area (Å²) in [6, 6.07) is 3.36. The van der Waals surface area contributed by atoms with Crippen molar-refractivity contribution in [2.45, 2.75) is 10.9 Å². The molecule has 0 amide bonds. The van der Waals surface area contributed by atoms with Crippen LogP contribution in [-0.2, 0) is 10.5 Å². The zero-order chi connectivity index (χ0) is 13.9. The van der Waals surface area contributed by atoms with E-state index in [1.807, 2.05) is 0 Å². The number of fused-ring (bicyclic) bond motifs is 1. The van der Waals surface area contributed by atoms with Crippen molar-refractivity contribution in [3.05, 3.63) is 42.1 Å². The Balaban J connectivity index is 1.76. The fourth-order valence-electron chi connectivity index (χ4n) is 1.65. The molecule has 102 valence electrons. The predicted octanol–water partition coefficient (Wildman–Crippen LogP) is 1.80. The summed E-state index contributed by atoms with van der Waals surface area (Å²) in [5.74, 6) is 1.09. The molecule has 0 aliphatic heterocycles. The summed E-state index contributed by atoms with van der Waals surface area (Å²) >= 11 is 1.36. The van der Waals surface area contributed by atoms with Crippen LogP contribution in [0.3, 0.4) is 0 Å². The zero-order valence-corrected chi connectivity index (χ0v) is 11.3. The molecule has 3 rings (SSSR count). The van der Waals surface area contributed by atoms with Crippen LogP contribution in [0.15, 0.2) is 40.4 Å². The number of methoxy groups -OCH3 is 1. The van der Waals surface area contributed by atoms with Crippen LogP contribution in [0, 0.1) is 0 Å². The quantitative estimate of drug-likeness (QED) is 0.535. The molecule has 0 saturated carbocycles. The first-order valence-electron chi connectivity index (χ1n) is 5.73. The van der Waals surface area contributed by atoms with Gasteiger partial charge in [0.1, 0.15) is 11.3 Å². The van der Waals surface area contributed by atoms with Gasteiger partial charge in [-0.15, -0.1) is 5.10 Å². The summed E-state index contributed by atoms with van der Waals surface area (Å²) < 4.78 is 11.6. The largest absolute Gasteiger partial charge is 0.468 e. The number of hydrogen-bond acceptors (Lipinski definition) is 7. The zero-order valence-electron chi connectivity index (χ0n) is 10.5. The van der Waals surface area contributed by atoms with Gasteiger partial charge < -0.3 is 9.15 Å². The highest BCUT2D eigenvalue weighted by Gasteiger charge is 2.16. The number of aromatic nitrogens is 4. The van der Waals surface area contributed by atoms with E-state index in [0.29, 0.717) is 28.0 Å². The van der Waals surface area contributed by atoms with Gasteiger partial charge in [0.25, 0.3) is 5.78 Å². The van der Waals surface area contributed by atoms with Gasteiger partial charge in [0.05, 0.1) is 19.1 Å². The molecule has 3 aromatic rings. The Morgan fingerprint density at radius 2 is 2.45 bits per heavy atom. The van der Waals surface area contributed by atoms with Crippen molar-refractivity contribution in [1.29, 1.82) is 0 Å². The van der Waals surface area contributed by atoms with Crippen LogP contribution in [0.25, 0.3) is 5.78 Å². The van der Waals surface area contributed by atoms with Gasteiger partial charge in [-0.05, 0) is 12.1 Å². The number of ether oxygens (including phenoxy) is 1. The Kier molecular flexibility index (Phi) is 3.38. The Bertz CT molecular complexity index is 719. The Hall–Kier alpha value is -2.35. The molecule has 0 aliphatic rings. The van der Waals surface area contributed by atoms with Crippen molar-refractivity contribution < 1.29 is 13.9 Å². The molecule has 0 bridgehead atoms. The first-order chi connectivity index (χ1) is 9.78. The standard InChI is InChI=1S/C12H10N4O3S/c1-18-10(17)8-3-6-19-9(8)7-20-12-14-11-13-4-2-5-16(11)15-12/h2-6H,7H2,1H3. The molecule has 20 heavy (non-hydrogen) atoms. The molecular weight excluding hydrogens is 280 g/mol. The van der Waals surface area contributed by atoms with E-state index in [2.05, 4.69) is 19.8 Å². The van der Waals surface area contributed by atoms with Crippen LogP contribution in [0.1, 0.15) is 16.1 Å². The van der Waals surface area contributed by atoms with E-state index < -0.39 is 5.97 Å². The van der Waals surface area contributed by atoms with Crippen LogP contribution in [0.2, 0.25) is 0 Å². The summed E-state index contributed by atoms with van der Waals surface area (Å²) in [6.45, 7) is 0. The summed E-state index contributed by atoms with van der Waals surface area (Å²) in [6.07, 6.45) is 4.88. The van der Waals surface area contributed by atoms with Crippen LogP contribution in [0.4, 0.5) is 0 Å². The van der Waals surface area contributed by atoms with E-state index >= 15 is 0 Å². The lowest BCUT2D eigenvalue weighted by atomic mass is 10.3. The van der Waals surface area contributed by atoms with Gasteiger partial charge in [-0.25, -0.2) is 14.3 Å². The molecule has 0 aromatic carbocycles. The van der Waals surface area contributed by atoms with Crippen molar-refractivity contribution >= 4 is 23.5 Å². The van der Waals surface area contributed by atoms with Crippen molar-refractivity contribution in [2.24, 2.45) is 0 Å². The maximum Gasteiger partial charge on any atom is 0.341 e. The average Bonchev–Trinajstić information content (AvgIpc) is 3.10. The minimum Gasteiger partial charge on any atom is -0.468 e. The van der Waals surface area contributed by atoms with Gasteiger partial charge in [-0.1, -0.05) is 11.8 Å². The number of carbonyl (C=O) groups is 1. The Labute approximate surface area is 118 Å². The van der Waals surface area contributed by atoms with Crippen LogP contribution in [-0.4, -0.2) is 32.7 Å². The summed E-state index contributed by atoms with van der Waals surface area (Å²) in [4.78, 5) is 19.8. The summed E-state index contributed by atoms with van der Waals surface area (Å²) in [5, 5.41) is 4.82. The normalized spacial score (nSPS) is 10.8. The molecule has 0 unspecified atom stereocenters. The monoisotopic (exact) mass is 290 g/mol. The summed E-state index contributed by atoms with van der Waals surface area (Å²) in [7, 11) is 1.33.